The molecule has 0 heterocycles. The summed E-state index contributed by atoms with van der Waals surface area (Å²) in [6, 6.07) is 0. The van der Waals surface area contributed by atoms with Gasteiger partial charge in [-0.1, -0.05) is 43.7 Å². The maximum Gasteiger partial charge on any atom is -0.00813 e. The highest BCUT2D eigenvalue weighted by Gasteiger charge is 1.86. The molecule has 0 aromatic heterocycles. The van der Waals surface area contributed by atoms with Gasteiger partial charge in [-0.25, -0.2) is 0 Å². The van der Waals surface area contributed by atoms with Crippen LogP contribution >= 0.6 is 0 Å². The molecule has 0 aromatic rings. The monoisotopic (exact) mass is 150 g/mol. The molecular formula is C11H18. The van der Waals surface area contributed by atoms with E-state index in [2.05, 4.69) is 45.6 Å². The molecule has 0 nitrogen and oxygen atoms in total. The van der Waals surface area contributed by atoms with E-state index in [1.165, 1.54) is 5.57 Å². The van der Waals surface area contributed by atoms with Crippen LogP contribution in [0.2, 0.25) is 0 Å². The summed E-state index contributed by atoms with van der Waals surface area (Å²) in [5.41, 5.74) is 1.33. The van der Waals surface area contributed by atoms with Crippen LogP contribution in [0.25, 0.3) is 0 Å². The minimum absolute atomic E-state index is 0.482. The average molecular weight is 150 g/mol. The number of allylic oxidation sites excluding steroid dienone is 5. The van der Waals surface area contributed by atoms with E-state index in [-0.39, 0.29) is 0 Å². The van der Waals surface area contributed by atoms with E-state index in [1.54, 1.807) is 0 Å². The van der Waals surface area contributed by atoms with Crippen molar-refractivity contribution in [2.24, 2.45) is 5.92 Å². The summed E-state index contributed by atoms with van der Waals surface area (Å²) in [7, 11) is 0. The van der Waals surface area contributed by atoms with Crippen LogP contribution in [0.5, 0.6) is 0 Å². The van der Waals surface area contributed by atoms with Gasteiger partial charge in [0, 0.05) is 0 Å². The van der Waals surface area contributed by atoms with Gasteiger partial charge in [-0.05, 0) is 19.3 Å². The minimum Gasteiger partial charge on any atom is -0.102 e. The zero-order valence-corrected chi connectivity index (χ0v) is 7.80. The first kappa shape index (κ1) is 10.2. The van der Waals surface area contributed by atoms with Gasteiger partial charge in [-0.15, -0.1) is 6.58 Å². The van der Waals surface area contributed by atoms with Crippen molar-refractivity contribution in [3.05, 3.63) is 36.5 Å². The van der Waals surface area contributed by atoms with Gasteiger partial charge >= 0.3 is 0 Å². The second-order valence-corrected chi connectivity index (χ2v) is 2.81. The molecule has 0 unspecified atom stereocenters. The molecule has 0 aromatic carbocycles. The van der Waals surface area contributed by atoms with E-state index >= 15 is 0 Å². The molecule has 0 aliphatic carbocycles. The molecule has 62 valence electrons. The Morgan fingerprint density at radius 1 is 1.55 bits per heavy atom. The molecule has 0 aliphatic rings. The van der Waals surface area contributed by atoms with E-state index in [0.29, 0.717) is 5.92 Å². The number of hydrogen-bond acceptors (Lipinski definition) is 0. The highest BCUT2D eigenvalue weighted by molar-refractivity contribution is 5.17. The minimum atomic E-state index is 0.482. The molecule has 0 saturated carbocycles. The lowest BCUT2D eigenvalue weighted by molar-refractivity contribution is 0.941. The molecule has 11 heavy (non-hydrogen) atoms. The van der Waals surface area contributed by atoms with Gasteiger partial charge in [0.1, 0.15) is 0 Å². The fraction of sp³-hybridized carbons (Fsp3) is 0.455. The van der Waals surface area contributed by atoms with Crippen molar-refractivity contribution >= 4 is 0 Å². The molecular weight excluding hydrogens is 132 g/mol. The Balaban J connectivity index is 3.91. The van der Waals surface area contributed by atoms with Crippen LogP contribution in [0.1, 0.15) is 27.2 Å². The highest BCUT2D eigenvalue weighted by atomic mass is 13.9. The van der Waals surface area contributed by atoms with Crippen LogP contribution in [0.4, 0.5) is 0 Å². The molecule has 0 saturated heterocycles. The smallest absolute Gasteiger partial charge is 0.00813 e. The first-order valence-electron chi connectivity index (χ1n) is 4.18. The summed E-state index contributed by atoms with van der Waals surface area (Å²) in [5, 5.41) is 0. The fourth-order valence-electron chi connectivity index (χ4n) is 0.772. The Bertz CT molecular complexity index is 161. The van der Waals surface area contributed by atoms with E-state index in [0.717, 1.165) is 6.42 Å². The van der Waals surface area contributed by atoms with Gasteiger partial charge < -0.3 is 0 Å². The quantitative estimate of drug-likeness (QED) is 0.423. The summed E-state index contributed by atoms with van der Waals surface area (Å²) in [5.74, 6) is 0.482. The topological polar surface area (TPSA) is 0 Å². The molecule has 0 aliphatic heterocycles. The maximum atomic E-state index is 3.71. The van der Waals surface area contributed by atoms with E-state index in [4.69, 9.17) is 0 Å². The third-order valence-corrected chi connectivity index (χ3v) is 1.56. The first-order valence-corrected chi connectivity index (χ1v) is 4.18. The zero-order chi connectivity index (χ0) is 8.69. The molecule has 0 spiro atoms. The average Bonchev–Trinajstić information content (AvgIpc) is 2.01. The molecule has 0 heteroatoms. The summed E-state index contributed by atoms with van der Waals surface area (Å²) >= 11 is 0. The van der Waals surface area contributed by atoms with Crippen LogP contribution in [0.3, 0.4) is 0 Å². The zero-order valence-electron chi connectivity index (χ0n) is 7.80. The normalized spacial score (nSPS) is 15.4. The lowest BCUT2D eigenvalue weighted by atomic mass is 10.1. The first-order chi connectivity index (χ1) is 5.20. The van der Waals surface area contributed by atoms with Crippen LogP contribution in [0.15, 0.2) is 36.5 Å². The molecule has 0 fully saturated rings. The van der Waals surface area contributed by atoms with Gasteiger partial charge in [-0.3, -0.25) is 0 Å². The van der Waals surface area contributed by atoms with E-state index < -0.39 is 0 Å². The van der Waals surface area contributed by atoms with Crippen molar-refractivity contribution in [3.63, 3.8) is 0 Å². The summed E-state index contributed by atoms with van der Waals surface area (Å²) in [6.07, 6.45) is 9.57. The van der Waals surface area contributed by atoms with Gasteiger partial charge in [0.2, 0.25) is 0 Å². The van der Waals surface area contributed by atoms with Crippen molar-refractivity contribution < 1.29 is 0 Å². The fourth-order valence-corrected chi connectivity index (χ4v) is 0.772. The van der Waals surface area contributed by atoms with Crippen LogP contribution in [0, 0.1) is 5.92 Å². The van der Waals surface area contributed by atoms with Crippen LogP contribution < -0.4 is 0 Å². The third kappa shape index (κ3) is 5.65. The van der Waals surface area contributed by atoms with E-state index in [9.17, 15) is 0 Å². The predicted molar refractivity (Wildman–Crippen MR) is 52.5 cm³/mol. The SMILES string of the molecule is C=C[C@@H](C)/C=C\C(C)=C/CC. The molecule has 1 atom stereocenters. The largest absolute Gasteiger partial charge is 0.102 e. The van der Waals surface area contributed by atoms with Crippen molar-refractivity contribution in [1.29, 1.82) is 0 Å². The van der Waals surface area contributed by atoms with Gasteiger partial charge in [0.05, 0.1) is 0 Å². The molecule has 0 rings (SSSR count). The van der Waals surface area contributed by atoms with E-state index in [1.807, 2.05) is 6.08 Å². The molecule has 0 amide bonds. The van der Waals surface area contributed by atoms with Crippen molar-refractivity contribution in [1.82, 2.24) is 0 Å². The Kier molecular flexibility index (Phi) is 5.54. The molecule has 0 N–H and O–H groups in total. The van der Waals surface area contributed by atoms with Gasteiger partial charge in [-0.2, -0.15) is 0 Å². The van der Waals surface area contributed by atoms with Crippen LogP contribution in [-0.2, 0) is 0 Å². The Morgan fingerprint density at radius 3 is 2.64 bits per heavy atom. The third-order valence-electron chi connectivity index (χ3n) is 1.56. The highest BCUT2D eigenvalue weighted by Crippen LogP contribution is 2.02. The second-order valence-electron chi connectivity index (χ2n) is 2.81. The Hall–Kier alpha value is -0.780. The van der Waals surface area contributed by atoms with Crippen LogP contribution in [-0.4, -0.2) is 0 Å². The van der Waals surface area contributed by atoms with Crippen molar-refractivity contribution in [2.45, 2.75) is 27.2 Å². The number of rotatable bonds is 4. The van der Waals surface area contributed by atoms with Crippen molar-refractivity contribution in [3.8, 4) is 0 Å². The Morgan fingerprint density at radius 2 is 2.18 bits per heavy atom. The molecule has 0 radical (unpaired) electrons. The molecule has 0 bridgehead atoms. The summed E-state index contributed by atoms with van der Waals surface area (Å²) in [4.78, 5) is 0. The Labute approximate surface area is 70.3 Å². The van der Waals surface area contributed by atoms with Crippen molar-refractivity contribution in [2.75, 3.05) is 0 Å². The number of hydrogen-bond donors (Lipinski definition) is 0. The summed E-state index contributed by atoms with van der Waals surface area (Å²) in [6.45, 7) is 10.1. The van der Waals surface area contributed by atoms with Gasteiger partial charge in [0.15, 0.2) is 0 Å². The lowest BCUT2D eigenvalue weighted by Crippen LogP contribution is -1.80. The lowest BCUT2D eigenvalue weighted by Gasteiger charge is -1.95. The maximum absolute atomic E-state index is 3.71. The predicted octanol–water partition coefficient (Wildman–Crippen LogP) is 3.72. The standard InChI is InChI=1S/C11H18/c1-5-7-11(4)9-8-10(3)6-2/h6-10H,2,5H2,1,3-4H3/b9-8-,11-7-/t10-/m1/s1. The summed E-state index contributed by atoms with van der Waals surface area (Å²) < 4.78 is 0. The van der Waals surface area contributed by atoms with Gasteiger partial charge in [0.25, 0.3) is 0 Å². The second kappa shape index (κ2) is 5.96.